The van der Waals surface area contributed by atoms with Gasteiger partial charge in [0, 0.05) is 57.4 Å². The number of hydrogen-bond donors (Lipinski definition) is 3. The predicted octanol–water partition coefficient (Wildman–Crippen LogP) is 19.7. The summed E-state index contributed by atoms with van der Waals surface area (Å²) in [6.45, 7) is 24.4. The van der Waals surface area contributed by atoms with Crippen molar-refractivity contribution in [1.82, 2.24) is 35.6 Å². The lowest BCUT2D eigenvalue weighted by molar-refractivity contribution is -0.150. The molecule has 0 aliphatic carbocycles. The highest BCUT2D eigenvalue weighted by Gasteiger charge is 2.21. The van der Waals surface area contributed by atoms with Crippen LogP contribution in [0.5, 0.6) is 0 Å². The fourth-order valence-electron chi connectivity index (χ4n) is 13.4. The molecule has 4 atom stereocenters. The fraction of sp³-hybridized carbons (Fsp3) is 0.860. The SMILES string of the molecule is CCCCCC(CC)OC(=O)CCCCCCCCN(CCCCCCCCC(=O)OC(CC)CCCCC)CCCNC(=O)c1cc(C(=O)NCCN(C)C)cc(C(=O)NCCCN(CCCCCCCCC(=O)OC(CC)CCCCC)CCCCCCCCC(=O)OC(CC)CCCCC)n1. The summed E-state index contributed by atoms with van der Waals surface area (Å²) in [4.78, 5) is 104. The second-order valence-electron chi connectivity index (χ2n) is 30.1. The van der Waals surface area contributed by atoms with Gasteiger partial charge in [0.25, 0.3) is 17.7 Å². The number of hydrogen-bond acceptors (Lipinski definition) is 15. The number of nitrogens with zero attached hydrogens (tertiary/aromatic N) is 4. The summed E-state index contributed by atoms with van der Waals surface area (Å²) in [5.41, 5.74) is 0.248. The number of amides is 3. The summed E-state index contributed by atoms with van der Waals surface area (Å²) in [5.74, 6) is -1.49. The zero-order chi connectivity index (χ0) is 76.3. The van der Waals surface area contributed by atoms with Crippen LogP contribution < -0.4 is 16.0 Å². The van der Waals surface area contributed by atoms with Crippen LogP contribution in [-0.2, 0) is 38.1 Å². The van der Waals surface area contributed by atoms with E-state index in [4.69, 9.17) is 18.9 Å². The Morgan fingerprint density at radius 1 is 0.308 bits per heavy atom. The first kappa shape index (κ1) is 97.3. The van der Waals surface area contributed by atoms with Gasteiger partial charge in [-0.05, 0) is 207 Å². The molecule has 0 saturated carbocycles. The van der Waals surface area contributed by atoms with Crippen LogP contribution in [0.4, 0.5) is 0 Å². The summed E-state index contributed by atoms with van der Waals surface area (Å²) in [7, 11) is 3.87. The molecule has 1 aromatic rings. The molecule has 4 unspecified atom stereocenters. The van der Waals surface area contributed by atoms with Crippen molar-refractivity contribution in [2.45, 2.75) is 401 Å². The van der Waals surface area contributed by atoms with Gasteiger partial charge in [-0.1, -0.05) is 209 Å². The average Bonchev–Trinajstić information content (AvgIpc) is 0.829. The van der Waals surface area contributed by atoms with Crippen molar-refractivity contribution in [2.75, 3.05) is 79.5 Å². The number of unbranched alkanes of at least 4 members (excludes halogenated alkanes) is 28. The van der Waals surface area contributed by atoms with Crippen LogP contribution in [-0.4, -0.2) is 165 Å². The molecule has 1 heterocycles. The highest BCUT2D eigenvalue weighted by Crippen LogP contribution is 2.20. The molecule has 0 fully saturated rings. The third-order valence-corrected chi connectivity index (χ3v) is 20.2. The molecular formula is C86H159N7O11. The van der Waals surface area contributed by atoms with Gasteiger partial charge in [0.1, 0.15) is 35.8 Å². The maximum absolute atomic E-state index is 14.0. The monoisotopic (exact) mass is 1470 g/mol. The quantitative estimate of drug-likeness (QED) is 0.0314. The molecule has 0 bridgehead atoms. The van der Waals surface area contributed by atoms with E-state index in [0.29, 0.717) is 51.9 Å². The van der Waals surface area contributed by atoms with Crippen LogP contribution in [0.25, 0.3) is 0 Å². The van der Waals surface area contributed by atoms with E-state index in [1.165, 1.54) is 37.8 Å². The fourth-order valence-corrected chi connectivity index (χ4v) is 13.4. The molecule has 104 heavy (non-hydrogen) atoms. The minimum Gasteiger partial charge on any atom is -0.462 e. The van der Waals surface area contributed by atoms with Crippen molar-refractivity contribution in [3.05, 3.63) is 29.1 Å². The number of likely N-dealkylation sites (N-methyl/N-ethyl adjacent to an activating group) is 1. The van der Waals surface area contributed by atoms with E-state index >= 15 is 0 Å². The Balaban J connectivity index is 3.02. The lowest BCUT2D eigenvalue weighted by Gasteiger charge is -2.22. The lowest BCUT2D eigenvalue weighted by Crippen LogP contribution is -2.34. The minimum absolute atomic E-state index is 0.0222. The normalized spacial score (nSPS) is 12.7. The van der Waals surface area contributed by atoms with E-state index < -0.39 is 11.8 Å². The molecule has 3 N–H and O–H groups in total. The van der Waals surface area contributed by atoms with Crippen LogP contribution in [0.1, 0.15) is 408 Å². The third-order valence-electron chi connectivity index (χ3n) is 20.2. The summed E-state index contributed by atoms with van der Waals surface area (Å²) in [6.07, 6.45) is 49.6. The van der Waals surface area contributed by atoms with Gasteiger partial charge < -0.3 is 49.6 Å². The van der Waals surface area contributed by atoms with Gasteiger partial charge >= 0.3 is 23.9 Å². The molecule has 0 aromatic carbocycles. The number of carbonyl (C=O) groups excluding carboxylic acids is 7. The highest BCUT2D eigenvalue weighted by molar-refractivity contribution is 6.02. The Bertz CT molecular complexity index is 2060. The Kier molecular flexibility index (Phi) is 64.4. The number of aromatic nitrogens is 1. The molecule has 18 heteroatoms. The van der Waals surface area contributed by atoms with Gasteiger partial charge in [-0.25, -0.2) is 4.98 Å². The Hall–Kier alpha value is -4.68. The van der Waals surface area contributed by atoms with E-state index in [0.717, 1.165) is 309 Å². The summed E-state index contributed by atoms with van der Waals surface area (Å²) in [6, 6.07) is 2.97. The van der Waals surface area contributed by atoms with Crippen LogP contribution in [0.15, 0.2) is 12.1 Å². The van der Waals surface area contributed by atoms with Crippen LogP contribution >= 0.6 is 0 Å². The van der Waals surface area contributed by atoms with Crippen LogP contribution in [0.3, 0.4) is 0 Å². The van der Waals surface area contributed by atoms with E-state index in [1.54, 1.807) is 0 Å². The second-order valence-corrected chi connectivity index (χ2v) is 30.1. The van der Waals surface area contributed by atoms with E-state index in [-0.39, 0.29) is 71.2 Å². The summed E-state index contributed by atoms with van der Waals surface area (Å²) < 4.78 is 23.2. The molecule has 1 rings (SSSR count). The topological polar surface area (TPSA) is 215 Å². The van der Waals surface area contributed by atoms with Crippen molar-refractivity contribution in [1.29, 1.82) is 0 Å². The van der Waals surface area contributed by atoms with Crippen molar-refractivity contribution in [3.8, 4) is 0 Å². The molecule has 0 aliphatic heterocycles. The molecule has 1 aromatic heterocycles. The Labute approximate surface area is 636 Å². The number of pyridine rings is 1. The number of carbonyl (C=O) groups is 7. The van der Waals surface area contributed by atoms with Gasteiger partial charge in [-0.15, -0.1) is 0 Å². The maximum Gasteiger partial charge on any atom is 0.306 e. The number of ether oxygens (including phenoxy) is 4. The second kappa shape index (κ2) is 68.8. The zero-order valence-corrected chi connectivity index (χ0v) is 68.7. The molecule has 18 nitrogen and oxygen atoms in total. The molecular weight excluding hydrogens is 1310 g/mol. The van der Waals surface area contributed by atoms with Gasteiger partial charge in [0.15, 0.2) is 0 Å². The number of esters is 4. The minimum atomic E-state index is -0.434. The van der Waals surface area contributed by atoms with Gasteiger partial charge in [0.2, 0.25) is 0 Å². The molecule has 0 radical (unpaired) electrons. The third kappa shape index (κ3) is 55.7. The first-order valence-electron chi connectivity index (χ1n) is 43.3. The molecule has 0 saturated heterocycles. The first-order chi connectivity index (χ1) is 50.5. The van der Waals surface area contributed by atoms with Crippen LogP contribution in [0.2, 0.25) is 0 Å². The van der Waals surface area contributed by atoms with Crippen molar-refractivity contribution in [3.63, 3.8) is 0 Å². The Morgan fingerprint density at radius 2 is 0.558 bits per heavy atom. The standard InChI is InChI=1S/C86H159N7O11/c1-11-19-39-53-74(15-5)101-80(94)57-43-31-23-27-35-47-64-92(65-48-36-28-24-32-44-58-81(95)102-75(16-6)54-40-20-12-2)68-51-61-87-85(99)78-71-73(84(98)89-63-70-91(9)10)72-79(90-78)86(100)88-62-52-69-93(66-49-37-29-25-33-45-59-82(96)103-76(17-7)55-41-21-13-3)67-50-38-30-26-34-46-60-83(97)104-77(18-8)56-42-22-14-4/h71-72,74-77H,11-70H2,1-10H3,(H,87,99)(H,88,100)(H,89,98). The van der Waals surface area contributed by atoms with Gasteiger partial charge in [-0.2, -0.15) is 0 Å². The number of rotatable bonds is 74. The Morgan fingerprint density at radius 3 is 0.817 bits per heavy atom. The van der Waals surface area contributed by atoms with Crippen molar-refractivity contribution in [2.24, 2.45) is 0 Å². The summed E-state index contributed by atoms with van der Waals surface area (Å²) >= 11 is 0. The molecule has 0 aliphatic rings. The van der Waals surface area contributed by atoms with Crippen LogP contribution in [0, 0.1) is 0 Å². The molecule has 604 valence electrons. The van der Waals surface area contributed by atoms with E-state index in [2.05, 4.69) is 86.1 Å². The predicted molar refractivity (Wildman–Crippen MR) is 428 cm³/mol. The van der Waals surface area contributed by atoms with E-state index in [9.17, 15) is 33.6 Å². The van der Waals surface area contributed by atoms with Gasteiger partial charge in [0.05, 0.1) is 0 Å². The first-order valence-corrected chi connectivity index (χ1v) is 43.3. The average molecular weight is 1470 g/mol. The molecule has 0 spiro atoms. The summed E-state index contributed by atoms with van der Waals surface area (Å²) in [5, 5.41) is 9.08. The molecule has 3 amide bonds. The lowest BCUT2D eigenvalue weighted by atomic mass is 10.1. The number of nitrogens with one attached hydrogen (secondary N) is 3. The maximum atomic E-state index is 14.0. The van der Waals surface area contributed by atoms with Gasteiger partial charge in [-0.3, -0.25) is 33.6 Å². The largest absolute Gasteiger partial charge is 0.462 e. The van der Waals surface area contributed by atoms with E-state index in [1.807, 2.05) is 19.0 Å². The smallest absolute Gasteiger partial charge is 0.306 e. The van der Waals surface area contributed by atoms with Crippen molar-refractivity contribution < 1.29 is 52.5 Å². The van der Waals surface area contributed by atoms with Crippen molar-refractivity contribution >= 4 is 41.6 Å². The highest BCUT2D eigenvalue weighted by atomic mass is 16.6. The zero-order valence-electron chi connectivity index (χ0n) is 68.7.